The summed E-state index contributed by atoms with van der Waals surface area (Å²) in [5.41, 5.74) is -0.119. The monoisotopic (exact) mass is 436 g/mol. The summed E-state index contributed by atoms with van der Waals surface area (Å²) in [6, 6.07) is 3.58. The third-order valence-corrected chi connectivity index (χ3v) is 5.38. The Morgan fingerprint density at radius 1 is 1.23 bits per heavy atom. The van der Waals surface area contributed by atoms with Crippen LogP contribution in [0.25, 0.3) is 0 Å². The molecule has 0 aromatic carbocycles. The van der Waals surface area contributed by atoms with Crippen molar-refractivity contribution in [2.75, 3.05) is 32.9 Å². The van der Waals surface area contributed by atoms with Crippen LogP contribution in [0.2, 0.25) is 0 Å². The number of rotatable bonds is 3. The summed E-state index contributed by atoms with van der Waals surface area (Å²) >= 11 is 0. The number of carbonyl (C=O) groups is 1. The van der Waals surface area contributed by atoms with Crippen LogP contribution >= 0.6 is 0 Å². The molecule has 30 heavy (non-hydrogen) atoms. The van der Waals surface area contributed by atoms with Gasteiger partial charge in [0.1, 0.15) is 6.10 Å². The van der Waals surface area contributed by atoms with Gasteiger partial charge in [-0.3, -0.25) is 4.90 Å². The van der Waals surface area contributed by atoms with E-state index in [0.717, 1.165) is 52.0 Å². The van der Waals surface area contributed by atoms with Crippen molar-refractivity contribution >= 4 is 5.97 Å². The van der Waals surface area contributed by atoms with Gasteiger partial charge < -0.3 is 19.3 Å². The van der Waals surface area contributed by atoms with E-state index in [2.05, 4.69) is 9.88 Å². The van der Waals surface area contributed by atoms with Gasteiger partial charge in [0.2, 0.25) is 0 Å². The van der Waals surface area contributed by atoms with Crippen molar-refractivity contribution in [2.45, 2.75) is 49.6 Å². The third-order valence-electron chi connectivity index (χ3n) is 5.38. The van der Waals surface area contributed by atoms with Crippen molar-refractivity contribution in [2.24, 2.45) is 0 Å². The van der Waals surface area contributed by atoms with E-state index in [1.807, 2.05) is 0 Å². The Bertz CT molecular complexity index is 721. The number of pyridine rings is 1. The van der Waals surface area contributed by atoms with Crippen LogP contribution in [0.15, 0.2) is 18.3 Å². The standard InChI is InChI=1S/C17H23FN2O3.C2HF3O2/c18-15-2-1-6-19-16(15)23-14-5-9-22-17(10-14)11-20(12-17)13-3-7-21-8-4-13;3-2(4,5)1(6)7/h1-2,6,13-14H,3-5,7-12H2;(H,6,7). The molecule has 11 heteroatoms. The Labute approximate surface area is 170 Å². The molecule has 4 rings (SSSR count). The smallest absolute Gasteiger partial charge is 0.475 e. The fourth-order valence-electron chi connectivity index (χ4n) is 3.92. The minimum absolute atomic E-state index is 0.0232. The van der Waals surface area contributed by atoms with Crippen molar-refractivity contribution in [3.8, 4) is 5.88 Å². The van der Waals surface area contributed by atoms with Crippen LogP contribution in [-0.2, 0) is 14.3 Å². The number of hydrogen-bond donors (Lipinski definition) is 1. The quantitative estimate of drug-likeness (QED) is 0.730. The number of likely N-dealkylation sites (tertiary alicyclic amines) is 1. The number of ether oxygens (including phenoxy) is 3. The minimum atomic E-state index is -5.08. The van der Waals surface area contributed by atoms with Gasteiger partial charge in [0.15, 0.2) is 5.82 Å². The molecule has 3 fully saturated rings. The molecule has 3 aliphatic rings. The lowest BCUT2D eigenvalue weighted by molar-refractivity contribution is -0.200. The molecule has 1 N–H and O–H groups in total. The molecule has 1 atom stereocenters. The maximum atomic E-state index is 13.7. The Balaban J connectivity index is 0.000000318. The van der Waals surface area contributed by atoms with Crippen LogP contribution in [0.4, 0.5) is 17.6 Å². The number of nitrogens with zero attached hydrogens (tertiary/aromatic N) is 2. The van der Waals surface area contributed by atoms with Crippen LogP contribution in [0.1, 0.15) is 25.7 Å². The Kier molecular flexibility index (Phi) is 7.14. The highest BCUT2D eigenvalue weighted by atomic mass is 19.4. The van der Waals surface area contributed by atoms with E-state index in [9.17, 15) is 17.6 Å². The highest BCUT2D eigenvalue weighted by Gasteiger charge is 2.50. The molecule has 3 saturated heterocycles. The fourth-order valence-corrected chi connectivity index (χ4v) is 3.92. The molecular weight excluding hydrogens is 412 g/mol. The molecule has 0 amide bonds. The highest BCUT2D eigenvalue weighted by molar-refractivity contribution is 5.73. The van der Waals surface area contributed by atoms with E-state index in [1.54, 1.807) is 12.3 Å². The summed E-state index contributed by atoms with van der Waals surface area (Å²) in [6.45, 7) is 4.28. The second-order valence-corrected chi connectivity index (χ2v) is 7.61. The van der Waals surface area contributed by atoms with E-state index >= 15 is 0 Å². The highest BCUT2D eigenvalue weighted by Crippen LogP contribution is 2.38. The number of alkyl halides is 3. The first-order valence-corrected chi connectivity index (χ1v) is 9.72. The average Bonchev–Trinajstić information content (AvgIpc) is 2.68. The number of halogens is 4. The van der Waals surface area contributed by atoms with E-state index in [-0.39, 0.29) is 17.6 Å². The minimum Gasteiger partial charge on any atom is -0.475 e. The first-order valence-electron chi connectivity index (χ1n) is 9.72. The van der Waals surface area contributed by atoms with Gasteiger partial charge in [0.25, 0.3) is 5.88 Å². The van der Waals surface area contributed by atoms with Crippen LogP contribution < -0.4 is 4.74 Å². The Morgan fingerprint density at radius 2 is 1.90 bits per heavy atom. The van der Waals surface area contributed by atoms with Crippen molar-refractivity contribution in [3.05, 3.63) is 24.1 Å². The topological polar surface area (TPSA) is 81.1 Å². The molecule has 1 spiro atoms. The molecule has 7 nitrogen and oxygen atoms in total. The van der Waals surface area contributed by atoms with Gasteiger partial charge in [-0.25, -0.2) is 14.2 Å². The van der Waals surface area contributed by atoms with Crippen LogP contribution in [-0.4, -0.2) is 77.8 Å². The van der Waals surface area contributed by atoms with Crippen molar-refractivity contribution in [1.29, 1.82) is 0 Å². The van der Waals surface area contributed by atoms with Gasteiger partial charge in [0.05, 0.1) is 12.2 Å². The molecule has 0 aliphatic carbocycles. The van der Waals surface area contributed by atoms with Gasteiger partial charge in [-0.05, 0) is 25.0 Å². The first-order chi connectivity index (χ1) is 14.2. The van der Waals surface area contributed by atoms with E-state index in [1.165, 1.54) is 6.07 Å². The van der Waals surface area contributed by atoms with Crippen LogP contribution in [0, 0.1) is 5.82 Å². The molecule has 1 aromatic rings. The van der Waals surface area contributed by atoms with Crippen molar-refractivity contribution in [3.63, 3.8) is 0 Å². The SMILES string of the molecule is Fc1cccnc1OC1CCOC2(C1)CN(C1CCOCC1)C2.O=C(O)C(F)(F)F. The van der Waals surface area contributed by atoms with Gasteiger partial charge >= 0.3 is 12.1 Å². The maximum absolute atomic E-state index is 13.7. The predicted octanol–water partition coefficient (Wildman–Crippen LogP) is 2.65. The van der Waals surface area contributed by atoms with Crippen LogP contribution in [0.3, 0.4) is 0 Å². The molecule has 0 saturated carbocycles. The Hall–Kier alpha value is -1.98. The molecule has 3 aliphatic heterocycles. The zero-order valence-corrected chi connectivity index (χ0v) is 16.2. The maximum Gasteiger partial charge on any atom is 0.490 e. The zero-order valence-electron chi connectivity index (χ0n) is 16.2. The Morgan fingerprint density at radius 3 is 2.50 bits per heavy atom. The summed E-state index contributed by atoms with van der Waals surface area (Å²) in [6.07, 6.45) is 0.260. The zero-order chi connectivity index (χ0) is 21.8. The predicted molar refractivity (Wildman–Crippen MR) is 95.6 cm³/mol. The molecule has 0 bridgehead atoms. The summed E-state index contributed by atoms with van der Waals surface area (Å²) in [5.74, 6) is -3.05. The van der Waals surface area contributed by atoms with Crippen LogP contribution in [0.5, 0.6) is 5.88 Å². The lowest BCUT2D eigenvalue weighted by atomic mass is 9.82. The second-order valence-electron chi connectivity index (χ2n) is 7.61. The number of hydrogen-bond acceptors (Lipinski definition) is 6. The summed E-state index contributed by atoms with van der Waals surface area (Å²) in [7, 11) is 0. The van der Waals surface area contributed by atoms with E-state index in [0.29, 0.717) is 12.6 Å². The van der Waals surface area contributed by atoms with Gasteiger partial charge in [-0.1, -0.05) is 0 Å². The molecule has 168 valence electrons. The number of carboxylic acids is 1. The second kappa shape index (κ2) is 9.44. The fraction of sp³-hybridized carbons (Fsp3) is 0.684. The number of aliphatic carboxylic acids is 1. The summed E-state index contributed by atoms with van der Waals surface area (Å²) < 4.78 is 62.7. The van der Waals surface area contributed by atoms with E-state index in [4.69, 9.17) is 24.1 Å². The van der Waals surface area contributed by atoms with Crippen molar-refractivity contribution < 1.29 is 41.7 Å². The number of carboxylic acid groups (broad SMARTS) is 1. The summed E-state index contributed by atoms with van der Waals surface area (Å²) in [4.78, 5) is 15.4. The molecule has 1 aromatic heterocycles. The molecule has 4 heterocycles. The van der Waals surface area contributed by atoms with Gasteiger partial charge in [0, 0.05) is 51.4 Å². The molecular formula is C19H24F4N2O5. The molecule has 1 unspecified atom stereocenters. The lowest BCUT2D eigenvalue weighted by Gasteiger charge is -2.56. The normalized spacial score (nSPS) is 24.5. The average molecular weight is 436 g/mol. The first kappa shape index (κ1) is 22.7. The van der Waals surface area contributed by atoms with Gasteiger partial charge in [-0.15, -0.1) is 0 Å². The van der Waals surface area contributed by atoms with Crippen molar-refractivity contribution in [1.82, 2.24) is 9.88 Å². The lowest BCUT2D eigenvalue weighted by Crippen LogP contribution is -2.68. The largest absolute Gasteiger partial charge is 0.490 e. The molecule has 0 radical (unpaired) electrons. The van der Waals surface area contributed by atoms with E-state index < -0.39 is 18.0 Å². The van der Waals surface area contributed by atoms with Gasteiger partial charge in [-0.2, -0.15) is 13.2 Å². The third kappa shape index (κ3) is 5.79. The summed E-state index contributed by atoms with van der Waals surface area (Å²) in [5, 5.41) is 7.12. The number of aromatic nitrogens is 1.